The maximum Gasteiger partial charge on any atom is 0.326 e. The highest BCUT2D eigenvalue weighted by Gasteiger charge is 2.22. The number of carboxylic acid groups (broad SMARTS) is 2. The quantitative estimate of drug-likeness (QED) is 0.225. The second-order valence-corrected chi connectivity index (χ2v) is 8.29. The number of carboxylic acids is 2. The number of fused-ring (bicyclic) bond motifs is 1. The third-order valence-corrected chi connectivity index (χ3v) is 5.78. The number of pyridine rings is 1. The molecule has 1 aromatic carbocycles. The maximum atomic E-state index is 12.6. The lowest BCUT2D eigenvalue weighted by Crippen LogP contribution is -2.41. The minimum absolute atomic E-state index is 0.0567. The van der Waals surface area contributed by atoms with Gasteiger partial charge in [-0.2, -0.15) is 9.97 Å². The van der Waals surface area contributed by atoms with Gasteiger partial charge in [0.25, 0.3) is 5.91 Å². The van der Waals surface area contributed by atoms with Crippen molar-refractivity contribution in [1.29, 1.82) is 0 Å². The molecule has 0 fully saturated rings. The average molecular weight is 508 g/mol. The summed E-state index contributed by atoms with van der Waals surface area (Å²) in [4.78, 5) is 49.4. The van der Waals surface area contributed by atoms with Crippen LogP contribution in [0.4, 0.5) is 17.5 Å². The third-order valence-electron chi connectivity index (χ3n) is 5.78. The highest BCUT2D eigenvalue weighted by molar-refractivity contribution is 5.97. The molecule has 3 rings (SSSR count). The van der Waals surface area contributed by atoms with E-state index < -0.39 is 23.9 Å². The zero-order valence-corrected chi connectivity index (χ0v) is 20.3. The van der Waals surface area contributed by atoms with E-state index >= 15 is 0 Å². The van der Waals surface area contributed by atoms with Crippen molar-refractivity contribution < 1.29 is 24.6 Å². The molecule has 2 heterocycles. The van der Waals surface area contributed by atoms with E-state index in [0.29, 0.717) is 30.5 Å². The molecule has 7 N–H and O–H groups in total. The maximum absolute atomic E-state index is 12.6. The molecule has 0 aliphatic carbocycles. The first-order valence-electron chi connectivity index (χ1n) is 11.5. The monoisotopic (exact) mass is 507 g/mol. The Morgan fingerprint density at radius 1 is 1.16 bits per heavy atom. The van der Waals surface area contributed by atoms with E-state index in [1.54, 1.807) is 36.5 Å². The Labute approximate surface area is 213 Å². The summed E-state index contributed by atoms with van der Waals surface area (Å²) in [7, 11) is 0. The molecule has 1 unspecified atom stereocenters. The summed E-state index contributed by atoms with van der Waals surface area (Å²) in [5, 5.41) is 21.1. The number of hydrogen-bond acceptors (Lipinski definition) is 9. The number of aliphatic carboxylic acids is 2. The van der Waals surface area contributed by atoms with Crippen LogP contribution in [0.5, 0.6) is 0 Å². The van der Waals surface area contributed by atoms with Crippen LogP contribution in [0.25, 0.3) is 11.0 Å². The van der Waals surface area contributed by atoms with Gasteiger partial charge in [-0.15, -0.1) is 6.58 Å². The van der Waals surface area contributed by atoms with Crippen LogP contribution in [-0.2, 0) is 22.6 Å². The Hall–Kier alpha value is -4.74. The number of anilines is 3. The van der Waals surface area contributed by atoms with Crippen LogP contribution in [0.1, 0.15) is 41.3 Å². The Balaban J connectivity index is 1.83. The highest BCUT2D eigenvalue weighted by Crippen LogP contribution is 2.27. The Bertz CT molecular complexity index is 1330. The first kappa shape index (κ1) is 26.9. The average Bonchev–Trinajstić information content (AvgIpc) is 2.85. The zero-order valence-electron chi connectivity index (χ0n) is 20.3. The van der Waals surface area contributed by atoms with Crippen molar-refractivity contribution in [1.82, 2.24) is 20.3 Å². The number of nitrogens with one attached hydrogen (secondary N) is 1. The lowest BCUT2D eigenvalue weighted by molar-refractivity contribution is -0.140. The number of amides is 1. The van der Waals surface area contributed by atoms with E-state index in [9.17, 15) is 19.5 Å². The van der Waals surface area contributed by atoms with Gasteiger partial charge >= 0.3 is 11.9 Å². The third kappa shape index (κ3) is 6.48. The first-order chi connectivity index (χ1) is 17.6. The van der Waals surface area contributed by atoms with E-state index in [4.69, 9.17) is 16.6 Å². The molecule has 0 radical (unpaired) electrons. The van der Waals surface area contributed by atoms with Crippen LogP contribution in [0.2, 0.25) is 0 Å². The van der Waals surface area contributed by atoms with E-state index in [0.717, 1.165) is 16.8 Å². The van der Waals surface area contributed by atoms with Gasteiger partial charge < -0.3 is 31.9 Å². The van der Waals surface area contributed by atoms with Gasteiger partial charge in [0.2, 0.25) is 5.95 Å². The fraction of sp³-hybridized carbons (Fsp3) is 0.280. The van der Waals surface area contributed by atoms with E-state index in [-0.39, 0.29) is 30.2 Å². The molecule has 1 amide bonds. The van der Waals surface area contributed by atoms with Gasteiger partial charge in [0.05, 0.1) is 5.39 Å². The van der Waals surface area contributed by atoms with Crippen molar-refractivity contribution in [2.45, 2.75) is 38.8 Å². The van der Waals surface area contributed by atoms with Gasteiger partial charge in [0.1, 0.15) is 11.9 Å². The molecule has 37 heavy (non-hydrogen) atoms. The summed E-state index contributed by atoms with van der Waals surface area (Å²) in [5.74, 6) is -2.72. The van der Waals surface area contributed by atoms with Crippen molar-refractivity contribution in [3.63, 3.8) is 0 Å². The zero-order chi connectivity index (χ0) is 27.1. The number of aromatic nitrogens is 3. The first-order valence-corrected chi connectivity index (χ1v) is 11.5. The molecule has 3 aromatic rings. The Morgan fingerprint density at radius 2 is 1.86 bits per heavy atom. The van der Waals surface area contributed by atoms with Crippen molar-refractivity contribution in [3.8, 4) is 0 Å². The van der Waals surface area contributed by atoms with Crippen LogP contribution in [0.3, 0.4) is 0 Å². The van der Waals surface area contributed by atoms with Gasteiger partial charge in [0.15, 0.2) is 5.65 Å². The van der Waals surface area contributed by atoms with Gasteiger partial charge in [-0.1, -0.05) is 13.0 Å². The number of aryl methyl sites for hydroxylation is 1. The van der Waals surface area contributed by atoms with Crippen molar-refractivity contribution in [2.24, 2.45) is 0 Å². The van der Waals surface area contributed by atoms with Gasteiger partial charge in [0, 0.05) is 37.0 Å². The standard InChI is InChI=1S/C25H29N7O5/c1-3-11-32(13-15-12-28-22-20(17(15)4-2)21(26)30-25(27)31-22)16-7-5-14(6-8-16)23(35)29-18(24(36)37)9-10-19(33)34/h3,5-8,12,18H,1,4,9-11,13H2,2H3,(H,29,35)(H,33,34)(H,36,37)(H4,26,27,28,30,31). The molecule has 0 bridgehead atoms. The number of carbonyl (C=O) groups is 3. The lowest BCUT2D eigenvalue weighted by Gasteiger charge is -2.25. The van der Waals surface area contributed by atoms with Crippen LogP contribution in [0.15, 0.2) is 43.1 Å². The second kappa shape index (κ2) is 11.8. The smallest absolute Gasteiger partial charge is 0.326 e. The molecule has 12 heteroatoms. The van der Waals surface area contributed by atoms with Gasteiger partial charge in [-0.25, -0.2) is 9.78 Å². The molecular formula is C25H29N7O5. The largest absolute Gasteiger partial charge is 0.481 e. The minimum atomic E-state index is -1.31. The summed E-state index contributed by atoms with van der Waals surface area (Å²) in [5.41, 5.74) is 15.2. The second-order valence-electron chi connectivity index (χ2n) is 8.29. The van der Waals surface area contributed by atoms with Crippen molar-refractivity contribution in [2.75, 3.05) is 22.9 Å². The lowest BCUT2D eigenvalue weighted by atomic mass is 10.0. The molecule has 0 saturated heterocycles. The number of nitrogen functional groups attached to an aromatic ring is 2. The summed E-state index contributed by atoms with van der Waals surface area (Å²) >= 11 is 0. The number of benzene rings is 1. The molecule has 0 spiro atoms. The topological polar surface area (TPSA) is 198 Å². The van der Waals surface area contributed by atoms with E-state index in [2.05, 4.69) is 26.8 Å². The molecule has 194 valence electrons. The number of rotatable bonds is 12. The SMILES string of the molecule is C=CCN(Cc1cnc2nc(N)nc(N)c2c1CC)c1ccc(C(=O)NC(CCC(=O)O)C(=O)O)cc1. The van der Waals surface area contributed by atoms with E-state index in [1.807, 2.05) is 11.8 Å². The summed E-state index contributed by atoms with van der Waals surface area (Å²) in [6, 6.07) is 5.32. The molecule has 0 aliphatic rings. The van der Waals surface area contributed by atoms with Crippen LogP contribution < -0.4 is 21.7 Å². The summed E-state index contributed by atoms with van der Waals surface area (Å²) in [6.07, 6.45) is 3.55. The Kier molecular flexibility index (Phi) is 8.56. The van der Waals surface area contributed by atoms with Crippen LogP contribution in [-0.4, -0.2) is 55.6 Å². The minimum Gasteiger partial charge on any atom is -0.481 e. The van der Waals surface area contributed by atoms with Crippen molar-refractivity contribution in [3.05, 3.63) is 59.8 Å². The fourth-order valence-electron chi connectivity index (χ4n) is 4.00. The number of nitrogens with two attached hydrogens (primary N) is 2. The van der Waals surface area contributed by atoms with Crippen molar-refractivity contribution >= 4 is 46.3 Å². The van der Waals surface area contributed by atoms with Crippen LogP contribution >= 0.6 is 0 Å². The fourth-order valence-corrected chi connectivity index (χ4v) is 4.00. The molecule has 2 aromatic heterocycles. The summed E-state index contributed by atoms with van der Waals surface area (Å²) < 4.78 is 0. The van der Waals surface area contributed by atoms with Gasteiger partial charge in [-0.3, -0.25) is 9.59 Å². The summed E-state index contributed by atoms with van der Waals surface area (Å²) in [6.45, 7) is 6.80. The number of nitrogens with zero attached hydrogens (tertiary/aromatic N) is 4. The number of hydrogen-bond donors (Lipinski definition) is 5. The predicted octanol–water partition coefficient (Wildman–Crippen LogP) is 1.99. The molecule has 0 aliphatic heterocycles. The highest BCUT2D eigenvalue weighted by atomic mass is 16.4. The van der Waals surface area contributed by atoms with E-state index in [1.165, 1.54) is 0 Å². The number of carbonyl (C=O) groups excluding carboxylic acids is 1. The van der Waals surface area contributed by atoms with Gasteiger partial charge in [-0.05, 0) is 48.2 Å². The predicted molar refractivity (Wildman–Crippen MR) is 139 cm³/mol. The molecular weight excluding hydrogens is 478 g/mol. The normalized spacial score (nSPS) is 11.6. The molecule has 1 atom stereocenters. The van der Waals surface area contributed by atoms with Crippen LogP contribution in [0, 0.1) is 0 Å². The Morgan fingerprint density at radius 3 is 2.46 bits per heavy atom. The molecule has 12 nitrogen and oxygen atoms in total. The molecule has 0 saturated carbocycles.